The first-order chi connectivity index (χ1) is 13.9. The lowest BCUT2D eigenvalue weighted by Crippen LogP contribution is -2.38. The number of amides is 2. The van der Waals surface area contributed by atoms with Crippen LogP contribution in [0.15, 0.2) is 36.4 Å². The number of aryl methyl sites for hydroxylation is 1. The van der Waals surface area contributed by atoms with Crippen molar-refractivity contribution in [3.05, 3.63) is 47.5 Å². The van der Waals surface area contributed by atoms with Crippen molar-refractivity contribution in [2.75, 3.05) is 39.7 Å². The lowest BCUT2D eigenvalue weighted by Gasteiger charge is -2.23. The van der Waals surface area contributed by atoms with Crippen molar-refractivity contribution in [2.24, 2.45) is 0 Å². The Morgan fingerprint density at radius 3 is 2.14 bits per heavy atom. The van der Waals surface area contributed by atoms with Crippen molar-refractivity contribution in [2.45, 2.75) is 20.3 Å². The molecule has 0 aliphatic rings. The van der Waals surface area contributed by atoms with Crippen LogP contribution in [0.25, 0.3) is 0 Å². The number of para-hydroxylation sites is 1. The van der Waals surface area contributed by atoms with Gasteiger partial charge in [0.15, 0.2) is 11.5 Å². The Bertz CT molecular complexity index is 841. The summed E-state index contributed by atoms with van der Waals surface area (Å²) in [6, 6.07) is 10.7. The van der Waals surface area contributed by atoms with Gasteiger partial charge in [-0.15, -0.1) is 0 Å². The molecule has 2 amide bonds. The maximum absolute atomic E-state index is 13.1. The third-order valence-electron chi connectivity index (χ3n) is 4.45. The Hall–Kier alpha value is -3.22. The molecule has 7 heteroatoms. The number of nitrogens with zero attached hydrogens (tertiary/aromatic N) is 1. The fourth-order valence-corrected chi connectivity index (χ4v) is 2.99. The minimum atomic E-state index is -0.286. The fourth-order valence-electron chi connectivity index (χ4n) is 2.99. The van der Waals surface area contributed by atoms with E-state index in [1.54, 1.807) is 12.1 Å². The van der Waals surface area contributed by atoms with Crippen LogP contribution in [0.2, 0.25) is 0 Å². The summed E-state index contributed by atoms with van der Waals surface area (Å²) >= 11 is 0. The quantitative estimate of drug-likeness (QED) is 0.697. The zero-order chi connectivity index (χ0) is 21.4. The average molecular weight is 400 g/mol. The summed E-state index contributed by atoms with van der Waals surface area (Å²) in [4.78, 5) is 27.2. The number of benzene rings is 2. The van der Waals surface area contributed by atoms with E-state index in [4.69, 9.17) is 14.2 Å². The van der Waals surface area contributed by atoms with E-state index in [1.807, 2.05) is 38.1 Å². The number of carbonyl (C=O) groups excluding carboxylic acids is 2. The van der Waals surface area contributed by atoms with Crippen molar-refractivity contribution in [3.63, 3.8) is 0 Å². The molecule has 29 heavy (non-hydrogen) atoms. The Kier molecular flexibility index (Phi) is 7.88. The van der Waals surface area contributed by atoms with E-state index in [1.165, 1.54) is 26.2 Å². The first-order valence-corrected chi connectivity index (χ1v) is 9.39. The Morgan fingerprint density at radius 2 is 1.62 bits per heavy atom. The third-order valence-corrected chi connectivity index (χ3v) is 4.45. The van der Waals surface area contributed by atoms with Gasteiger partial charge >= 0.3 is 0 Å². The van der Waals surface area contributed by atoms with Crippen LogP contribution in [0.1, 0.15) is 29.3 Å². The minimum Gasteiger partial charge on any atom is -0.493 e. The number of anilines is 1. The van der Waals surface area contributed by atoms with Crippen LogP contribution < -0.4 is 19.5 Å². The van der Waals surface area contributed by atoms with Gasteiger partial charge in [-0.2, -0.15) is 0 Å². The first kappa shape index (κ1) is 22.1. The summed E-state index contributed by atoms with van der Waals surface area (Å²) in [7, 11) is 4.48. The predicted octanol–water partition coefficient (Wildman–Crippen LogP) is 3.51. The summed E-state index contributed by atoms with van der Waals surface area (Å²) in [5, 5.41) is 2.87. The third kappa shape index (κ3) is 5.40. The molecule has 156 valence electrons. The second kappa shape index (κ2) is 10.4. The zero-order valence-corrected chi connectivity index (χ0v) is 17.6. The normalized spacial score (nSPS) is 10.2. The van der Waals surface area contributed by atoms with Crippen LogP contribution in [0.3, 0.4) is 0 Å². The smallest absolute Gasteiger partial charge is 0.254 e. The molecule has 0 heterocycles. The number of nitrogens with one attached hydrogen (secondary N) is 1. The van der Waals surface area contributed by atoms with Crippen molar-refractivity contribution in [3.8, 4) is 17.2 Å². The number of rotatable bonds is 9. The highest BCUT2D eigenvalue weighted by Gasteiger charge is 2.22. The Labute approximate surface area is 171 Å². The van der Waals surface area contributed by atoms with Gasteiger partial charge in [0.2, 0.25) is 11.7 Å². The average Bonchev–Trinajstić information content (AvgIpc) is 2.73. The molecule has 0 fully saturated rings. The molecule has 0 aliphatic carbocycles. The van der Waals surface area contributed by atoms with Crippen LogP contribution in [-0.4, -0.2) is 51.1 Å². The zero-order valence-electron chi connectivity index (χ0n) is 17.6. The molecular weight excluding hydrogens is 372 g/mol. The molecule has 0 spiro atoms. The van der Waals surface area contributed by atoms with Crippen LogP contribution in [-0.2, 0) is 4.79 Å². The summed E-state index contributed by atoms with van der Waals surface area (Å²) in [6.45, 7) is 4.25. The topological polar surface area (TPSA) is 77.1 Å². The highest BCUT2D eigenvalue weighted by molar-refractivity contribution is 6.00. The monoisotopic (exact) mass is 400 g/mol. The lowest BCUT2D eigenvalue weighted by atomic mass is 10.1. The van der Waals surface area contributed by atoms with E-state index < -0.39 is 0 Å². The van der Waals surface area contributed by atoms with Gasteiger partial charge in [0.05, 0.1) is 21.3 Å². The summed E-state index contributed by atoms with van der Waals surface area (Å²) in [5.41, 5.74) is 2.05. The van der Waals surface area contributed by atoms with E-state index in [-0.39, 0.29) is 18.4 Å². The maximum atomic E-state index is 13.1. The summed E-state index contributed by atoms with van der Waals surface area (Å²) in [6.07, 6.45) is 0.716. The highest BCUT2D eigenvalue weighted by Crippen LogP contribution is 2.38. The number of hydrogen-bond acceptors (Lipinski definition) is 5. The van der Waals surface area contributed by atoms with Gasteiger partial charge in [-0.05, 0) is 37.1 Å². The van der Waals surface area contributed by atoms with Crippen LogP contribution in [0, 0.1) is 6.92 Å². The van der Waals surface area contributed by atoms with Gasteiger partial charge in [-0.1, -0.05) is 25.1 Å². The van der Waals surface area contributed by atoms with E-state index >= 15 is 0 Å². The molecule has 0 aliphatic heterocycles. The molecule has 1 N–H and O–H groups in total. The summed E-state index contributed by atoms with van der Waals surface area (Å²) < 4.78 is 16.0. The number of carbonyl (C=O) groups is 2. The van der Waals surface area contributed by atoms with E-state index in [0.29, 0.717) is 35.8 Å². The van der Waals surface area contributed by atoms with Crippen molar-refractivity contribution in [1.29, 1.82) is 0 Å². The second-order valence-electron chi connectivity index (χ2n) is 6.50. The minimum absolute atomic E-state index is 0.0579. The number of ether oxygens (including phenoxy) is 3. The van der Waals surface area contributed by atoms with Gasteiger partial charge in [-0.25, -0.2) is 0 Å². The SMILES string of the molecule is CCCN(CC(=O)Nc1ccccc1C)C(=O)c1cc(OC)c(OC)c(OC)c1. The van der Waals surface area contributed by atoms with Crippen molar-refractivity contribution < 1.29 is 23.8 Å². The standard InChI is InChI=1S/C22H28N2O5/c1-6-11-24(14-20(25)23-17-10-8-7-9-15(17)2)22(26)16-12-18(27-3)21(29-5)19(13-16)28-4/h7-10,12-13H,6,11,14H2,1-5H3,(H,23,25). The molecule has 0 radical (unpaired) electrons. The lowest BCUT2D eigenvalue weighted by molar-refractivity contribution is -0.116. The van der Waals surface area contributed by atoms with E-state index in [9.17, 15) is 9.59 Å². The summed E-state index contributed by atoms with van der Waals surface area (Å²) in [5.74, 6) is 0.637. The largest absolute Gasteiger partial charge is 0.493 e. The maximum Gasteiger partial charge on any atom is 0.254 e. The number of methoxy groups -OCH3 is 3. The molecule has 0 bridgehead atoms. The Balaban J connectivity index is 2.25. The van der Waals surface area contributed by atoms with E-state index in [2.05, 4.69) is 5.32 Å². The van der Waals surface area contributed by atoms with Gasteiger partial charge in [0.1, 0.15) is 6.54 Å². The van der Waals surface area contributed by atoms with E-state index in [0.717, 1.165) is 11.3 Å². The van der Waals surface area contributed by atoms with Crippen LogP contribution >= 0.6 is 0 Å². The number of hydrogen-bond donors (Lipinski definition) is 1. The molecule has 0 saturated carbocycles. The predicted molar refractivity (Wildman–Crippen MR) is 112 cm³/mol. The van der Waals surface area contributed by atoms with Gasteiger partial charge in [0, 0.05) is 17.8 Å². The van der Waals surface area contributed by atoms with Gasteiger partial charge < -0.3 is 24.4 Å². The molecule has 2 rings (SSSR count). The molecule has 2 aromatic rings. The Morgan fingerprint density at radius 1 is 1.00 bits per heavy atom. The van der Waals surface area contributed by atoms with Crippen molar-refractivity contribution in [1.82, 2.24) is 4.90 Å². The second-order valence-corrected chi connectivity index (χ2v) is 6.50. The van der Waals surface area contributed by atoms with Crippen molar-refractivity contribution >= 4 is 17.5 Å². The van der Waals surface area contributed by atoms with Crippen LogP contribution in [0.5, 0.6) is 17.2 Å². The molecule has 0 unspecified atom stereocenters. The molecule has 0 aromatic heterocycles. The molecular formula is C22H28N2O5. The van der Waals surface area contributed by atoms with Gasteiger partial charge in [-0.3, -0.25) is 9.59 Å². The first-order valence-electron chi connectivity index (χ1n) is 9.39. The molecule has 0 saturated heterocycles. The fraction of sp³-hybridized carbons (Fsp3) is 0.364. The molecule has 7 nitrogen and oxygen atoms in total. The van der Waals surface area contributed by atoms with Gasteiger partial charge in [0.25, 0.3) is 5.91 Å². The molecule has 2 aromatic carbocycles. The van der Waals surface area contributed by atoms with Crippen LogP contribution in [0.4, 0.5) is 5.69 Å². The molecule has 0 atom stereocenters. The highest BCUT2D eigenvalue weighted by atomic mass is 16.5.